The minimum atomic E-state index is -1.31. The van der Waals surface area contributed by atoms with Crippen molar-refractivity contribution in [3.05, 3.63) is 0 Å². The Morgan fingerprint density at radius 1 is 1.16 bits per heavy atom. The number of carboxylic acids is 1. The van der Waals surface area contributed by atoms with Crippen LogP contribution in [0.25, 0.3) is 0 Å². The van der Waals surface area contributed by atoms with E-state index in [9.17, 15) is 14.4 Å². The van der Waals surface area contributed by atoms with Crippen molar-refractivity contribution in [3.63, 3.8) is 0 Å². The maximum absolute atomic E-state index is 11.8. The third-order valence-electron chi connectivity index (χ3n) is 2.56. The van der Waals surface area contributed by atoms with Gasteiger partial charge in [-0.05, 0) is 20.8 Å². The van der Waals surface area contributed by atoms with Gasteiger partial charge in [-0.2, -0.15) is 0 Å². The van der Waals surface area contributed by atoms with E-state index in [-0.39, 0.29) is 19.6 Å². The van der Waals surface area contributed by atoms with Gasteiger partial charge in [-0.1, -0.05) is 0 Å². The fraction of sp³-hybridized carbons (Fsp3) is 0.727. The molecule has 0 bridgehead atoms. The topological polar surface area (TPSA) is 107 Å². The number of amides is 2. The fourth-order valence-electron chi connectivity index (χ4n) is 1.72. The van der Waals surface area contributed by atoms with E-state index in [2.05, 4.69) is 0 Å². The third kappa shape index (κ3) is 4.01. The molecule has 19 heavy (non-hydrogen) atoms. The highest BCUT2D eigenvalue weighted by Gasteiger charge is 2.38. The SMILES string of the molecule is CC(C)(C)OC(=O)N1CCN(C(=O)O)C(C(=O)O)C1. The maximum Gasteiger partial charge on any atom is 0.410 e. The summed E-state index contributed by atoms with van der Waals surface area (Å²) < 4.78 is 5.13. The van der Waals surface area contributed by atoms with Crippen molar-refractivity contribution >= 4 is 18.2 Å². The normalized spacial score (nSPS) is 20.1. The molecule has 0 aliphatic carbocycles. The first-order chi connectivity index (χ1) is 8.61. The molecule has 0 aromatic rings. The van der Waals surface area contributed by atoms with Gasteiger partial charge in [-0.25, -0.2) is 14.4 Å². The standard InChI is InChI=1S/C11H18N2O6/c1-11(2,3)19-10(18)12-4-5-13(9(16)17)7(6-12)8(14)15/h7H,4-6H2,1-3H3,(H,14,15)(H,16,17). The lowest BCUT2D eigenvalue weighted by Gasteiger charge is -2.38. The molecular formula is C11H18N2O6. The minimum Gasteiger partial charge on any atom is -0.480 e. The van der Waals surface area contributed by atoms with Crippen LogP contribution in [0.15, 0.2) is 0 Å². The molecule has 0 aromatic carbocycles. The molecule has 1 rings (SSSR count). The number of carbonyl (C=O) groups is 3. The summed E-state index contributed by atoms with van der Waals surface area (Å²) in [5.41, 5.74) is -0.681. The highest BCUT2D eigenvalue weighted by Crippen LogP contribution is 2.15. The van der Waals surface area contributed by atoms with E-state index in [1.54, 1.807) is 20.8 Å². The number of rotatable bonds is 1. The molecular weight excluding hydrogens is 256 g/mol. The molecule has 1 atom stereocenters. The predicted octanol–water partition coefficient (Wildman–Crippen LogP) is 0.670. The van der Waals surface area contributed by atoms with Gasteiger partial charge in [0.1, 0.15) is 5.60 Å². The number of piperazine rings is 1. The second kappa shape index (κ2) is 5.33. The zero-order valence-corrected chi connectivity index (χ0v) is 11.1. The number of hydrogen-bond acceptors (Lipinski definition) is 4. The van der Waals surface area contributed by atoms with Crippen molar-refractivity contribution in [2.24, 2.45) is 0 Å². The van der Waals surface area contributed by atoms with Crippen molar-refractivity contribution in [2.75, 3.05) is 19.6 Å². The van der Waals surface area contributed by atoms with E-state index < -0.39 is 29.8 Å². The van der Waals surface area contributed by atoms with E-state index in [0.29, 0.717) is 0 Å². The van der Waals surface area contributed by atoms with E-state index in [4.69, 9.17) is 14.9 Å². The van der Waals surface area contributed by atoms with Gasteiger partial charge < -0.3 is 19.8 Å². The number of carbonyl (C=O) groups excluding carboxylic acids is 1. The number of ether oxygens (including phenoxy) is 1. The quantitative estimate of drug-likeness (QED) is 0.727. The molecule has 8 heteroatoms. The van der Waals surface area contributed by atoms with Crippen LogP contribution in [0, 0.1) is 0 Å². The Morgan fingerprint density at radius 3 is 2.16 bits per heavy atom. The fourth-order valence-corrected chi connectivity index (χ4v) is 1.72. The smallest absolute Gasteiger partial charge is 0.410 e. The highest BCUT2D eigenvalue weighted by atomic mass is 16.6. The van der Waals surface area contributed by atoms with E-state index in [1.165, 1.54) is 4.90 Å². The van der Waals surface area contributed by atoms with Crippen LogP contribution in [0.5, 0.6) is 0 Å². The number of carboxylic acid groups (broad SMARTS) is 2. The molecule has 108 valence electrons. The van der Waals surface area contributed by atoms with Crippen LogP contribution < -0.4 is 0 Å². The summed E-state index contributed by atoms with van der Waals surface area (Å²) in [4.78, 5) is 35.8. The summed E-state index contributed by atoms with van der Waals surface area (Å²) >= 11 is 0. The Hall–Kier alpha value is -1.99. The van der Waals surface area contributed by atoms with Crippen molar-refractivity contribution in [1.29, 1.82) is 0 Å². The molecule has 1 unspecified atom stereocenters. The average molecular weight is 274 g/mol. The van der Waals surface area contributed by atoms with E-state index in [1.807, 2.05) is 0 Å². The summed E-state index contributed by atoms with van der Waals surface area (Å²) in [6.07, 6.45) is -1.94. The maximum atomic E-state index is 11.8. The first-order valence-corrected chi connectivity index (χ1v) is 5.82. The first kappa shape index (κ1) is 15.1. The molecule has 0 saturated carbocycles. The molecule has 0 aromatic heterocycles. The first-order valence-electron chi connectivity index (χ1n) is 5.82. The van der Waals surface area contributed by atoms with Gasteiger partial charge >= 0.3 is 18.2 Å². The lowest BCUT2D eigenvalue weighted by molar-refractivity contribution is -0.144. The Bertz CT molecular complexity index is 389. The van der Waals surface area contributed by atoms with Crippen LogP contribution in [0.4, 0.5) is 9.59 Å². The molecule has 1 aliphatic rings. The number of nitrogens with zero attached hydrogens (tertiary/aromatic N) is 2. The molecule has 1 heterocycles. The van der Waals surface area contributed by atoms with Crippen LogP contribution in [-0.2, 0) is 9.53 Å². The van der Waals surface area contributed by atoms with Gasteiger partial charge in [0.05, 0.1) is 6.54 Å². The minimum absolute atomic E-state index is 0.0501. The van der Waals surface area contributed by atoms with Crippen molar-refractivity contribution in [2.45, 2.75) is 32.4 Å². The van der Waals surface area contributed by atoms with Crippen molar-refractivity contribution < 1.29 is 29.3 Å². The Labute approximate surface area is 110 Å². The van der Waals surface area contributed by atoms with Crippen molar-refractivity contribution in [3.8, 4) is 0 Å². The van der Waals surface area contributed by atoms with Gasteiger partial charge in [0.25, 0.3) is 0 Å². The summed E-state index contributed by atoms with van der Waals surface area (Å²) in [5.74, 6) is -1.28. The molecule has 1 saturated heterocycles. The largest absolute Gasteiger partial charge is 0.480 e. The lowest BCUT2D eigenvalue weighted by Crippen LogP contribution is -2.59. The van der Waals surface area contributed by atoms with E-state index in [0.717, 1.165) is 4.90 Å². The van der Waals surface area contributed by atoms with Crippen LogP contribution in [0.3, 0.4) is 0 Å². The summed E-state index contributed by atoms with van der Waals surface area (Å²) in [5, 5.41) is 17.9. The molecule has 1 aliphatic heterocycles. The van der Waals surface area contributed by atoms with Gasteiger partial charge in [-0.3, -0.25) is 4.90 Å². The number of aliphatic carboxylic acids is 1. The molecule has 0 spiro atoms. The van der Waals surface area contributed by atoms with Gasteiger partial charge in [0.2, 0.25) is 0 Å². The second-order valence-electron chi connectivity index (χ2n) is 5.26. The van der Waals surface area contributed by atoms with Crippen molar-refractivity contribution in [1.82, 2.24) is 9.80 Å². The van der Waals surface area contributed by atoms with Crippen LogP contribution in [0.2, 0.25) is 0 Å². The summed E-state index contributed by atoms with van der Waals surface area (Å²) in [6, 6.07) is -1.27. The monoisotopic (exact) mass is 274 g/mol. The summed E-state index contributed by atoms with van der Waals surface area (Å²) in [7, 11) is 0. The number of hydrogen-bond donors (Lipinski definition) is 2. The van der Waals surface area contributed by atoms with Gasteiger partial charge in [-0.15, -0.1) is 0 Å². The third-order valence-corrected chi connectivity index (χ3v) is 2.56. The molecule has 2 N–H and O–H groups in total. The average Bonchev–Trinajstić information content (AvgIpc) is 2.25. The van der Waals surface area contributed by atoms with Crippen LogP contribution in [0.1, 0.15) is 20.8 Å². The van der Waals surface area contributed by atoms with Gasteiger partial charge in [0.15, 0.2) is 6.04 Å². The van der Waals surface area contributed by atoms with Gasteiger partial charge in [0, 0.05) is 13.1 Å². The zero-order chi connectivity index (χ0) is 14.8. The molecule has 2 amide bonds. The lowest BCUT2D eigenvalue weighted by atomic mass is 10.2. The Kier molecular flexibility index (Phi) is 4.23. The zero-order valence-electron chi connectivity index (χ0n) is 11.1. The Balaban J connectivity index is 2.74. The molecule has 0 radical (unpaired) electrons. The molecule has 1 fully saturated rings. The molecule has 8 nitrogen and oxygen atoms in total. The Morgan fingerprint density at radius 2 is 1.74 bits per heavy atom. The second-order valence-corrected chi connectivity index (χ2v) is 5.26. The van der Waals surface area contributed by atoms with E-state index >= 15 is 0 Å². The highest BCUT2D eigenvalue weighted by molar-refractivity contribution is 5.81. The van der Waals surface area contributed by atoms with Crippen LogP contribution in [-0.4, -0.2) is 69.4 Å². The predicted molar refractivity (Wildman–Crippen MR) is 64.0 cm³/mol. The summed E-state index contributed by atoms with van der Waals surface area (Å²) in [6.45, 7) is 4.96. The van der Waals surface area contributed by atoms with Crippen LogP contribution >= 0.6 is 0 Å².